The van der Waals surface area contributed by atoms with Crippen LogP contribution in [0.2, 0.25) is 0 Å². The average Bonchev–Trinajstić information content (AvgIpc) is 2.87. The van der Waals surface area contributed by atoms with Gasteiger partial charge in [-0.25, -0.2) is 0 Å². The molecule has 1 saturated heterocycles. The van der Waals surface area contributed by atoms with Gasteiger partial charge in [0.15, 0.2) is 0 Å². The SMILES string of the molecule is CC1(N2CCCC2)CCc2sccc2C1.Cl. The van der Waals surface area contributed by atoms with Gasteiger partial charge in [0, 0.05) is 10.4 Å². The number of hydrogen-bond acceptors (Lipinski definition) is 2. The van der Waals surface area contributed by atoms with Gasteiger partial charge in [0.1, 0.15) is 0 Å². The predicted molar refractivity (Wildman–Crippen MR) is 72.8 cm³/mol. The lowest BCUT2D eigenvalue weighted by Crippen LogP contribution is -2.48. The Morgan fingerprint density at radius 2 is 2.06 bits per heavy atom. The molecule has 0 spiro atoms. The molecule has 0 radical (unpaired) electrons. The van der Waals surface area contributed by atoms with Crippen LogP contribution in [0.3, 0.4) is 0 Å². The molecule has 1 unspecified atom stereocenters. The summed E-state index contributed by atoms with van der Waals surface area (Å²) in [6, 6.07) is 2.34. The van der Waals surface area contributed by atoms with Crippen LogP contribution in [0.25, 0.3) is 0 Å². The molecular formula is C13H20ClNS. The Morgan fingerprint density at radius 3 is 2.81 bits per heavy atom. The van der Waals surface area contributed by atoms with Crippen LogP contribution in [0.1, 0.15) is 36.6 Å². The lowest BCUT2D eigenvalue weighted by Gasteiger charge is -2.41. The maximum atomic E-state index is 2.73. The summed E-state index contributed by atoms with van der Waals surface area (Å²) < 4.78 is 0. The second-order valence-electron chi connectivity index (χ2n) is 5.24. The summed E-state index contributed by atoms with van der Waals surface area (Å²) in [5.41, 5.74) is 2.09. The molecule has 3 heteroatoms. The van der Waals surface area contributed by atoms with Crippen LogP contribution in [0.5, 0.6) is 0 Å². The fourth-order valence-electron chi connectivity index (χ4n) is 3.15. The second-order valence-corrected chi connectivity index (χ2v) is 6.24. The van der Waals surface area contributed by atoms with Gasteiger partial charge in [-0.3, -0.25) is 4.90 Å². The maximum absolute atomic E-state index is 2.73. The largest absolute Gasteiger partial charge is 0.298 e. The highest BCUT2D eigenvalue weighted by Gasteiger charge is 2.36. The first-order valence-electron chi connectivity index (χ1n) is 6.08. The van der Waals surface area contributed by atoms with Gasteiger partial charge in [-0.1, -0.05) is 0 Å². The van der Waals surface area contributed by atoms with E-state index < -0.39 is 0 Å². The smallest absolute Gasteiger partial charge is 0.0225 e. The molecule has 1 aliphatic carbocycles. The van der Waals surface area contributed by atoms with E-state index in [-0.39, 0.29) is 12.4 Å². The van der Waals surface area contributed by atoms with E-state index >= 15 is 0 Å². The summed E-state index contributed by atoms with van der Waals surface area (Å²) in [7, 11) is 0. The molecule has 0 aromatic carbocycles. The first-order chi connectivity index (χ1) is 7.28. The topological polar surface area (TPSA) is 3.24 Å². The Labute approximate surface area is 108 Å². The van der Waals surface area contributed by atoms with Crippen molar-refractivity contribution in [1.82, 2.24) is 4.90 Å². The van der Waals surface area contributed by atoms with E-state index in [4.69, 9.17) is 0 Å². The van der Waals surface area contributed by atoms with E-state index in [1.54, 1.807) is 10.4 Å². The molecule has 0 amide bonds. The Kier molecular flexibility index (Phi) is 3.62. The Morgan fingerprint density at radius 1 is 1.31 bits per heavy atom. The molecule has 0 saturated carbocycles. The molecule has 1 aromatic rings. The third-order valence-electron chi connectivity index (χ3n) is 4.17. The van der Waals surface area contributed by atoms with Crippen LogP contribution in [0.15, 0.2) is 11.4 Å². The van der Waals surface area contributed by atoms with Gasteiger partial charge in [-0.15, -0.1) is 23.7 Å². The number of likely N-dealkylation sites (tertiary alicyclic amines) is 1. The minimum atomic E-state index is 0. The lowest BCUT2D eigenvalue weighted by molar-refractivity contribution is 0.119. The number of aryl methyl sites for hydroxylation is 1. The van der Waals surface area contributed by atoms with Crippen molar-refractivity contribution in [3.8, 4) is 0 Å². The van der Waals surface area contributed by atoms with Crippen molar-refractivity contribution in [2.24, 2.45) is 0 Å². The number of rotatable bonds is 1. The molecule has 0 bridgehead atoms. The van der Waals surface area contributed by atoms with Crippen LogP contribution in [0.4, 0.5) is 0 Å². The number of hydrogen-bond donors (Lipinski definition) is 0. The third-order valence-corrected chi connectivity index (χ3v) is 5.19. The van der Waals surface area contributed by atoms with Gasteiger partial charge >= 0.3 is 0 Å². The number of thiophene rings is 1. The fourth-order valence-corrected chi connectivity index (χ4v) is 4.06. The zero-order valence-corrected chi connectivity index (χ0v) is 11.5. The number of nitrogens with zero attached hydrogens (tertiary/aromatic N) is 1. The van der Waals surface area contributed by atoms with Crippen molar-refractivity contribution in [2.45, 2.75) is 44.6 Å². The van der Waals surface area contributed by atoms with E-state index in [0.717, 1.165) is 0 Å². The molecule has 0 N–H and O–H groups in total. The molecule has 16 heavy (non-hydrogen) atoms. The van der Waals surface area contributed by atoms with Crippen LogP contribution < -0.4 is 0 Å². The molecule has 3 rings (SSSR count). The minimum absolute atomic E-state index is 0. The van der Waals surface area contributed by atoms with E-state index in [2.05, 4.69) is 23.3 Å². The van der Waals surface area contributed by atoms with Crippen LogP contribution in [-0.4, -0.2) is 23.5 Å². The van der Waals surface area contributed by atoms with Gasteiger partial charge in [0.2, 0.25) is 0 Å². The van der Waals surface area contributed by atoms with Gasteiger partial charge in [-0.2, -0.15) is 0 Å². The Balaban J connectivity index is 0.000000963. The van der Waals surface area contributed by atoms with Gasteiger partial charge in [-0.05, 0) is 69.1 Å². The number of fused-ring (bicyclic) bond motifs is 1. The van der Waals surface area contributed by atoms with Crippen molar-refractivity contribution in [1.29, 1.82) is 0 Å². The fraction of sp³-hybridized carbons (Fsp3) is 0.692. The van der Waals surface area contributed by atoms with Crippen molar-refractivity contribution < 1.29 is 0 Å². The van der Waals surface area contributed by atoms with Gasteiger partial charge in [0.25, 0.3) is 0 Å². The van der Waals surface area contributed by atoms with Crippen molar-refractivity contribution >= 4 is 23.7 Å². The van der Waals surface area contributed by atoms with Crippen molar-refractivity contribution in [2.75, 3.05) is 13.1 Å². The summed E-state index contributed by atoms with van der Waals surface area (Å²) >= 11 is 1.95. The van der Waals surface area contributed by atoms with Gasteiger partial charge < -0.3 is 0 Å². The highest BCUT2D eigenvalue weighted by atomic mass is 35.5. The first kappa shape index (κ1) is 12.4. The van der Waals surface area contributed by atoms with Gasteiger partial charge in [0.05, 0.1) is 0 Å². The Bertz CT molecular complexity index is 357. The molecule has 1 fully saturated rings. The average molecular weight is 258 g/mol. The molecule has 1 nitrogen and oxygen atoms in total. The standard InChI is InChI=1S/C13H19NS.ClH/c1-13(14-7-2-3-8-14)6-4-12-11(10-13)5-9-15-12;/h5,9H,2-4,6-8,10H2,1H3;1H. The van der Waals surface area contributed by atoms with Crippen LogP contribution >= 0.6 is 23.7 Å². The Hall–Kier alpha value is -0.0500. The van der Waals surface area contributed by atoms with E-state index in [0.29, 0.717) is 5.54 Å². The summed E-state index contributed by atoms with van der Waals surface area (Å²) in [5.74, 6) is 0. The number of halogens is 1. The van der Waals surface area contributed by atoms with E-state index in [1.807, 2.05) is 11.3 Å². The molecule has 1 aliphatic heterocycles. The summed E-state index contributed by atoms with van der Waals surface area (Å²) in [6.07, 6.45) is 6.77. The van der Waals surface area contributed by atoms with E-state index in [1.165, 1.54) is 45.2 Å². The van der Waals surface area contributed by atoms with E-state index in [9.17, 15) is 0 Å². The molecule has 1 aromatic heterocycles. The van der Waals surface area contributed by atoms with Crippen LogP contribution in [0, 0.1) is 0 Å². The normalized spacial score (nSPS) is 29.8. The monoisotopic (exact) mass is 257 g/mol. The highest BCUT2D eigenvalue weighted by molar-refractivity contribution is 7.10. The van der Waals surface area contributed by atoms with Crippen LogP contribution in [-0.2, 0) is 12.8 Å². The molecule has 2 heterocycles. The summed E-state index contributed by atoms with van der Waals surface area (Å²) in [6.45, 7) is 5.13. The van der Waals surface area contributed by atoms with Crippen molar-refractivity contribution in [3.63, 3.8) is 0 Å². The zero-order valence-electron chi connectivity index (χ0n) is 9.87. The van der Waals surface area contributed by atoms with Crippen molar-refractivity contribution in [3.05, 3.63) is 21.9 Å². The molecular weight excluding hydrogens is 238 g/mol. The first-order valence-corrected chi connectivity index (χ1v) is 6.96. The quantitative estimate of drug-likeness (QED) is 0.744. The lowest BCUT2D eigenvalue weighted by atomic mass is 9.81. The maximum Gasteiger partial charge on any atom is 0.0225 e. The predicted octanol–water partition coefficient (Wildman–Crippen LogP) is 3.51. The summed E-state index contributed by atoms with van der Waals surface area (Å²) in [5, 5.41) is 2.26. The minimum Gasteiger partial charge on any atom is -0.298 e. The second kappa shape index (κ2) is 4.67. The summed E-state index contributed by atoms with van der Waals surface area (Å²) in [4.78, 5) is 4.37. The molecule has 90 valence electrons. The molecule has 1 atom stereocenters. The molecule has 2 aliphatic rings. The zero-order chi connectivity index (χ0) is 10.3. The third kappa shape index (κ3) is 2.03. The highest BCUT2D eigenvalue weighted by Crippen LogP contribution is 2.37.